The van der Waals surface area contributed by atoms with Crippen LogP contribution in [0.25, 0.3) is 11.3 Å². The first-order valence-electron chi connectivity index (χ1n) is 11.2. The summed E-state index contributed by atoms with van der Waals surface area (Å²) < 4.78 is 28.2. The van der Waals surface area contributed by atoms with Crippen molar-refractivity contribution in [3.63, 3.8) is 0 Å². The highest BCUT2D eigenvalue weighted by atomic mass is 32.2. The molecule has 1 N–H and O–H groups in total. The number of carbonyl (C=O) groups excluding carboxylic acids is 1. The molecule has 4 aromatic rings. The van der Waals surface area contributed by atoms with E-state index in [1.54, 1.807) is 41.7 Å². The van der Waals surface area contributed by atoms with Gasteiger partial charge in [-0.1, -0.05) is 59.7 Å². The fraction of sp³-hybridized carbons (Fsp3) is 0.185. The van der Waals surface area contributed by atoms with Crippen LogP contribution in [0.2, 0.25) is 0 Å². The summed E-state index contributed by atoms with van der Waals surface area (Å²) in [4.78, 5) is 17.7. The van der Waals surface area contributed by atoms with E-state index in [1.165, 1.54) is 4.31 Å². The van der Waals surface area contributed by atoms with Gasteiger partial charge < -0.3 is 5.32 Å². The Bertz CT molecular complexity index is 1440. The second-order valence-corrected chi connectivity index (χ2v) is 11.5. The summed E-state index contributed by atoms with van der Waals surface area (Å²) in [5, 5.41) is 5.78. The van der Waals surface area contributed by atoms with Gasteiger partial charge in [-0.3, -0.25) is 4.79 Å². The molecule has 0 aliphatic rings. The minimum Gasteiger partial charge on any atom is -0.325 e. The van der Waals surface area contributed by atoms with Crippen LogP contribution in [-0.2, 0) is 21.4 Å². The van der Waals surface area contributed by atoms with Gasteiger partial charge in [0.2, 0.25) is 15.9 Å². The van der Waals surface area contributed by atoms with Gasteiger partial charge in [-0.05, 0) is 50.6 Å². The topological polar surface area (TPSA) is 79.4 Å². The molecular formula is C27H27N3O3S2. The molecule has 0 fully saturated rings. The minimum absolute atomic E-state index is 0.0868. The van der Waals surface area contributed by atoms with Gasteiger partial charge in [0.05, 0.1) is 22.1 Å². The van der Waals surface area contributed by atoms with Crippen molar-refractivity contribution in [3.8, 4) is 11.3 Å². The molecule has 0 spiro atoms. The number of sulfonamides is 1. The van der Waals surface area contributed by atoms with Crippen molar-refractivity contribution < 1.29 is 13.2 Å². The molecule has 1 aromatic heterocycles. The summed E-state index contributed by atoms with van der Waals surface area (Å²) in [7, 11) is -3.90. The summed E-state index contributed by atoms with van der Waals surface area (Å²) in [6.07, 6.45) is 0. The van der Waals surface area contributed by atoms with Crippen molar-refractivity contribution in [2.45, 2.75) is 32.2 Å². The average molecular weight is 506 g/mol. The standard InChI is InChI=1S/C27H27N3O3S2/c1-19-10-12-25(13-11-19)35(32,33)30(16-22-7-4-6-20(2)14-22)17-27(31)29-24-9-5-8-23(15-24)26-18-34-21(3)28-26/h4-15,18H,16-17H2,1-3H3,(H,29,31). The van der Waals surface area contributed by atoms with E-state index >= 15 is 0 Å². The molecular weight excluding hydrogens is 478 g/mol. The number of hydrogen-bond acceptors (Lipinski definition) is 5. The number of aryl methyl sites for hydroxylation is 3. The minimum atomic E-state index is -3.90. The number of nitrogens with zero attached hydrogens (tertiary/aromatic N) is 2. The number of nitrogens with one attached hydrogen (secondary N) is 1. The van der Waals surface area contributed by atoms with Crippen molar-refractivity contribution in [1.82, 2.24) is 9.29 Å². The molecule has 0 atom stereocenters. The Morgan fingerprint density at radius 1 is 0.943 bits per heavy atom. The van der Waals surface area contributed by atoms with E-state index in [0.717, 1.165) is 33.0 Å². The van der Waals surface area contributed by atoms with Crippen LogP contribution in [0.1, 0.15) is 21.7 Å². The predicted octanol–water partition coefficient (Wildman–Crippen LogP) is 5.56. The number of carbonyl (C=O) groups is 1. The van der Waals surface area contributed by atoms with Crippen molar-refractivity contribution in [3.05, 3.63) is 99.9 Å². The van der Waals surface area contributed by atoms with Crippen LogP contribution < -0.4 is 5.32 Å². The maximum atomic E-state index is 13.5. The molecule has 3 aromatic carbocycles. The molecule has 4 rings (SSSR count). The second-order valence-electron chi connectivity index (χ2n) is 8.46. The monoisotopic (exact) mass is 505 g/mol. The van der Waals surface area contributed by atoms with E-state index in [9.17, 15) is 13.2 Å². The van der Waals surface area contributed by atoms with Crippen LogP contribution in [0.3, 0.4) is 0 Å². The summed E-state index contributed by atoms with van der Waals surface area (Å²) in [6.45, 7) is 5.56. The quantitative estimate of drug-likeness (QED) is 0.340. The summed E-state index contributed by atoms with van der Waals surface area (Å²) in [5.41, 5.74) is 5.11. The van der Waals surface area contributed by atoms with Gasteiger partial charge in [0, 0.05) is 23.2 Å². The Hall–Kier alpha value is -3.33. The lowest BCUT2D eigenvalue weighted by Crippen LogP contribution is -2.37. The number of amides is 1. The number of anilines is 1. The van der Waals surface area contributed by atoms with Crippen LogP contribution in [0.5, 0.6) is 0 Å². The first kappa shape index (κ1) is 24.8. The maximum Gasteiger partial charge on any atom is 0.243 e. The van der Waals surface area contributed by atoms with Crippen LogP contribution in [-0.4, -0.2) is 30.2 Å². The zero-order chi connectivity index (χ0) is 25.0. The Balaban J connectivity index is 1.58. The van der Waals surface area contributed by atoms with E-state index in [2.05, 4.69) is 10.3 Å². The lowest BCUT2D eigenvalue weighted by molar-refractivity contribution is -0.116. The van der Waals surface area contributed by atoms with Gasteiger partial charge in [0.15, 0.2) is 0 Å². The Morgan fingerprint density at radius 3 is 2.37 bits per heavy atom. The molecule has 0 radical (unpaired) electrons. The summed E-state index contributed by atoms with van der Waals surface area (Å²) >= 11 is 1.56. The van der Waals surface area contributed by atoms with Gasteiger partial charge in [-0.25, -0.2) is 13.4 Å². The zero-order valence-corrected chi connectivity index (χ0v) is 21.5. The van der Waals surface area contributed by atoms with Crippen LogP contribution in [0, 0.1) is 20.8 Å². The smallest absolute Gasteiger partial charge is 0.243 e. The zero-order valence-electron chi connectivity index (χ0n) is 19.9. The van der Waals surface area contributed by atoms with Crippen LogP contribution in [0.4, 0.5) is 5.69 Å². The largest absolute Gasteiger partial charge is 0.325 e. The Labute approximate surface area is 210 Å². The molecule has 0 aliphatic heterocycles. The highest BCUT2D eigenvalue weighted by Crippen LogP contribution is 2.25. The van der Waals surface area contributed by atoms with Gasteiger partial charge in [0.1, 0.15) is 0 Å². The van der Waals surface area contributed by atoms with Gasteiger partial charge in [0.25, 0.3) is 0 Å². The highest BCUT2D eigenvalue weighted by molar-refractivity contribution is 7.89. The Morgan fingerprint density at radius 2 is 1.69 bits per heavy atom. The van der Waals surface area contributed by atoms with Gasteiger partial charge in [-0.15, -0.1) is 11.3 Å². The summed E-state index contributed by atoms with van der Waals surface area (Å²) in [6, 6.07) is 21.7. The number of hydrogen-bond donors (Lipinski definition) is 1. The number of rotatable bonds is 8. The molecule has 35 heavy (non-hydrogen) atoms. The lowest BCUT2D eigenvalue weighted by Gasteiger charge is -2.22. The number of aromatic nitrogens is 1. The van der Waals surface area contributed by atoms with Crippen LogP contribution in [0.15, 0.2) is 83.1 Å². The normalized spacial score (nSPS) is 11.5. The highest BCUT2D eigenvalue weighted by Gasteiger charge is 2.27. The third kappa shape index (κ3) is 6.22. The molecule has 1 heterocycles. The van der Waals surface area contributed by atoms with E-state index < -0.39 is 15.9 Å². The molecule has 0 unspecified atom stereocenters. The SMILES string of the molecule is Cc1ccc(S(=O)(=O)N(CC(=O)Nc2cccc(-c3csc(C)n3)c2)Cc2cccc(C)c2)cc1. The van der Waals surface area contributed by atoms with Crippen molar-refractivity contribution >= 4 is 33.0 Å². The molecule has 0 aliphatic carbocycles. The fourth-order valence-corrected chi connectivity index (χ4v) is 5.72. The van der Waals surface area contributed by atoms with Gasteiger partial charge >= 0.3 is 0 Å². The molecule has 0 saturated carbocycles. The predicted molar refractivity (Wildman–Crippen MR) is 141 cm³/mol. The molecule has 0 bridgehead atoms. The van der Waals surface area contributed by atoms with Crippen LogP contribution >= 0.6 is 11.3 Å². The van der Waals surface area contributed by atoms with E-state index in [1.807, 2.05) is 68.6 Å². The fourth-order valence-electron chi connectivity index (χ4n) is 3.71. The first-order chi connectivity index (χ1) is 16.7. The van der Waals surface area contributed by atoms with Crippen molar-refractivity contribution in [2.24, 2.45) is 0 Å². The lowest BCUT2D eigenvalue weighted by atomic mass is 10.1. The Kier molecular flexibility index (Phi) is 7.45. The molecule has 8 heteroatoms. The number of thiazole rings is 1. The van der Waals surface area contributed by atoms with E-state index in [-0.39, 0.29) is 18.0 Å². The first-order valence-corrected chi connectivity index (χ1v) is 13.5. The van der Waals surface area contributed by atoms with Gasteiger partial charge in [-0.2, -0.15) is 4.31 Å². The van der Waals surface area contributed by atoms with Crippen molar-refractivity contribution in [1.29, 1.82) is 0 Å². The van der Waals surface area contributed by atoms with E-state index in [4.69, 9.17) is 0 Å². The molecule has 180 valence electrons. The third-order valence-corrected chi connectivity index (χ3v) is 8.06. The molecule has 1 amide bonds. The van der Waals surface area contributed by atoms with Crippen molar-refractivity contribution in [2.75, 3.05) is 11.9 Å². The molecule has 6 nitrogen and oxygen atoms in total. The maximum absolute atomic E-state index is 13.5. The second kappa shape index (κ2) is 10.5. The van der Waals surface area contributed by atoms with E-state index in [0.29, 0.717) is 5.69 Å². The summed E-state index contributed by atoms with van der Waals surface area (Å²) in [5.74, 6) is -0.417. The third-order valence-electron chi connectivity index (χ3n) is 5.48. The average Bonchev–Trinajstić information content (AvgIpc) is 3.25. The molecule has 0 saturated heterocycles. The number of benzene rings is 3.